The average Bonchev–Trinajstić information content (AvgIpc) is 3.32. The van der Waals surface area contributed by atoms with Gasteiger partial charge in [0.15, 0.2) is 5.65 Å². The van der Waals surface area contributed by atoms with E-state index in [9.17, 15) is 9.59 Å². The van der Waals surface area contributed by atoms with Gasteiger partial charge in [0.2, 0.25) is 0 Å². The molecular formula is C32H24N6O2. The molecule has 0 saturated heterocycles. The van der Waals surface area contributed by atoms with Crippen LogP contribution in [0.4, 0.5) is 0 Å². The van der Waals surface area contributed by atoms with E-state index in [-0.39, 0.29) is 11.5 Å². The quantitative estimate of drug-likeness (QED) is 0.340. The molecule has 1 N–H and O–H groups in total. The van der Waals surface area contributed by atoms with Gasteiger partial charge in [-0.1, -0.05) is 42.2 Å². The van der Waals surface area contributed by atoms with Gasteiger partial charge < -0.3 is 5.32 Å². The van der Waals surface area contributed by atoms with Crippen molar-refractivity contribution in [2.24, 2.45) is 0 Å². The maximum Gasteiger partial charge on any atom is 0.264 e. The van der Waals surface area contributed by atoms with Gasteiger partial charge in [-0.2, -0.15) is 5.10 Å². The molecule has 0 aliphatic heterocycles. The molecule has 194 valence electrons. The van der Waals surface area contributed by atoms with Crippen molar-refractivity contribution >= 4 is 22.3 Å². The Bertz CT molecular complexity index is 2000. The van der Waals surface area contributed by atoms with Crippen LogP contribution in [0.1, 0.15) is 45.8 Å². The molecule has 6 aromatic rings. The number of carbonyl (C=O) groups is 1. The lowest BCUT2D eigenvalue weighted by Gasteiger charge is -2.21. The lowest BCUT2D eigenvalue weighted by Crippen LogP contribution is -2.32. The van der Waals surface area contributed by atoms with E-state index in [1.165, 1.54) is 0 Å². The van der Waals surface area contributed by atoms with Gasteiger partial charge in [0.25, 0.3) is 11.5 Å². The fourth-order valence-corrected chi connectivity index (χ4v) is 4.83. The topological polar surface area (TPSA) is 94.2 Å². The Morgan fingerprint density at radius 3 is 2.62 bits per heavy atom. The lowest BCUT2D eigenvalue weighted by atomic mass is 10.0. The van der Waals surface area contributed by atoms with Crippen molar-refractivity contribution in [1.82, 2.24) is 29.5 Å². The number of hydrogen-bond acceptors (Lipinski definition) is 5. The van der Waals surface area contributed by atoms with E-state index >= 15 is 0 Å². The van der Waals surface area contributed by atoms with Gasteiger partial charge in [-0.25, -0.2) is 9.50 Å². The number of aromatic nitrogens is 5. The van der Waals surface area contributed by atoms with Crippen LogP contribution in [0.5, 0.6) is 0 Å². The molecule has 0 fully saturated rings. The van der Waals surface area contributed by atoms with Crippen LogP contribution in [-0.4, -0.2) is 30.1 Å². The predicted octanol–water partition coefficient (Wildman–Crippen LogP) is 4.63. The van der Waals surface area contributed by atoms with E-state index in [1.807, 2.05) is 73.7 Å². The zero-order chi connectivity index (χ0) is 27.6. The second-order valence-corrected chi connectivity index (χ2v) is 9.35. The highest BCUT2D eigenvalue weighted by atomic mass is 16.2. The highest BCUT2D eigenvalue weighted by Gasteiger charge is 2.23. The number of carbonyl (C=O) groups excluding carboxylic acids is 1. The molecule has 0 saturated carbocycles. The van der Waals surface area contributed by atoms with Crippen molar-refractivity contribution in [3.8, 4) is 17.5 Å². The molecule has 0 radical (unpaired) electrons. The third-order valence-corrected chi connectivity index (χ3v) is 6.68. The second kappa shape index (κ2) is 10.3. The number of rotatable bonds is 4. The summed E-state index contributed by atoms with van der Waals surface area (Å²) in [6.07, 6.45) is 6.75. The maximum atomic E-state index is 14.2. The van der Waals surface area contributed by atoms with Gasteiger partial charge in [-0.15, -0.1) is 0 Å². The molecule has 0 unspecified atom stereocenters. The molecular weight excluding hydrogens is 500 g/mol. The zero-order valence-electron chi connectivity index (χ0n) is 21.9. The van der Waals surface area contributed by atoms with Gasteiger partial charge in [0.05, 0.1) is 17.1 Å². The van der Waals surface area contributed by atoms with Gasteiger partial charge in [0, 0.05) is 47.3 Å². The summed E-state index contributed by atoms with van der Waals surface area (Å²) in [7, 11) is 0. The number of amides is 1. The Labute approximate surface area is 230 Å². The van der Waals surface area contributed by atoms with E-state index in [0.29, 0.717) is 39.2 Å². The maximum absolute atomic E-state index is 14.2. The largest absolute Gasteiger partial charge is 0.344 e. The lowest BCUT2D eigenvalue weighted by molar-refractivity contribution is 0.0939. The molecule has 1 atom stereocenters. The summed E-state index contributed by atoms with van der Waals surface area (Å²) in [6, 6.07) is 21.9. The Kier molecular flexibility index (Phi) is 6.38. The molecule has 8 heteroatoms. The van der Waals surface area contributed by atoms with Gasteiger partial charge in [0.1, 0.15) is 5.56 Å². The van der Waals surface area contributed by atoms with Crippen LogP contribution >= 0.6 is 0 Å². The summed E-state index contributed by atoms with van der Waals surface area (Å²) in [6.45, 7) is 3.64. The predicted molar refractivity (Wildman–Crippen MR) is 153 cm³/mol. The first-order valence-corrected chi connectivity index (χ1v) is 12.8. The molecule has 6 rings (SSSR count). The van der Waals surface area contributed by atoms with E-state index in [4.69, 9.17) is 0 Å². The molecule has 4 heterocycles. The van der Waals surface area contributed by atoms with Crippen LogP contribution in [0.2, 0.25) is 0 Å². The van der Waals surface area contributed by atoms with Gasteiger partial charge >= 0.3 is 0 Å². The molecule has 1 amide bonds. The van der Waals surface area contributed by atoms with E-state index in [0.717, 1.165) is 10.9 Å². The van der Waals surface area contributed by atoms with E-state index in [1.54, 1.807) is 46.9 Å². The number of nitrogens with one attached hydrogen (secondary N) is 1. The van der Waals surface area contributed by atoms with Crippen LogP contribution in [0.15, 0.2) is 102 Å². The van der Waals surface area contributed by atoms with Crippen molar-refractivity contribution in [3.05, 3.63) is 136 Å². The summed E-state index contributed by atoms with van der Waals surface area (Å²) in [5.41, 5.74) is 3.92. The minimum Gasteiger partial charge on any atom is -0.344 e. The summed E-state index contributed by atoms with van der Waals surface area (Å²) in [5, 5.41) is 8.72. The summed E-state index contributed by atoms with van der Waals surface area (Å²) in [4.78, 5) is 36.1. The molecule has 2 aromatic carbocycles. The molecule has 4 aromatic heterocycles. The smallest absolute Gasteiger partial charge is 0.264 e. The second-order valence-electron chi connectivity index (χ2n) is 9.35. The highest BCUT2D eigenvalue weighted by molar-refractivity contribution is 6.01. The van der Waals surface area contributed by atoms with Crippen LogP contribution in [0.25, 0.3) is 22.1 Å². The first-order valence-electron chi connectivity index (χ1n) is 12.8. The Hall–Kier alpha value is -5.55. The first kappa shape index (κ1) is 24.8. The number of para-hydroxylation sites is 1. The van der Waals surface area contributed by atoms with E-state index < -0.39 is 6.04 Å². The molecule has 0 bridgehead atoms. The minimum atomic E-state index is -0.520. The number of aryl methyl sites for hydroxylation is 1. The van der Waals surface area contributed by atoms with Crippen molar-refractivity contribution < 1.29 is 4.79 Å². The van der Waals surface area contributed by atoms with Crippen LogP contribution in [0.3, 0.4) is 0 Å². The van der Waals surface area contributed by atoms with Crippen LogP contribution < -0.4 is 10.9 Å². The Morgan fingerprint density at radius 1 is 0.975 bits per heavy atom. The Morgan fingerprint density at radius 2 is 1.82 bits per heavy atom. The van der Waals surface area contributed by atoms with Crippen molar-refractivity contribution in [1.29, 1.82) is 0 Å². The minimum absolute atomic E-state index is 0.218. The monoisotopic (exact) mass is 524 g/mol. The van der Waals surface area contributed by atoms with E-state index in [2.05, 4.69) is 32.2 Å². The number of nitrogens with zero attached hydrogens (tertiary/aromatic N) is 5. The van der Waals surface area contributed by atoms with Crippen molar-refractivity contribution in [2.45, 2.75) is 19.9 Å². The van der Waals surface area contributed by atoms with Crippen LogP contribution in [-0.2, 0) is 0 Å². The van der Waals surface area contributed by atoms with Gasteiger partial charge in [-0.05, 0) is 61.7 Å². The third kappa shape index (κ3) is 4.50. The standard InChI is InChI=1S/C32H24N6O2/c1-21(35-31(39)28-22(2)36-37-18-8-17-34-30(28)37)27-19-25-11-6-10-24(15-14-23-9-7-16-33-20-23)29(25)32(40)38(27)26-12-4-3-5-13-26/h3-13,16-21H,1-2H3,(H,35,39)/t21-/m1/s1. The Balaban J connectivity index is 1.48. The first-order chi connectivity index (χ1) is 19.5. The summed E-state index contributed by atoms with van der Waals surface area (Å²) in [5.74, 6) is 5.95. The molecule has 0 aliphatic carbocycles. The summed E-state index contributed by atoms with van der Waals surface area (Å²) >= 11 is 0. The fourth-order valence-electron chi connectivity index (χ4n) is 4.83. The number of benzene rings is 2. The number of hydrogen-bond donors (Lipinski definition) is 1. The molecule has 8 nitrogen and oxygen atoms in total. The molecule has 0 spiro atoms. The number of fused-ring (bicyclic) bond motifs is 2. The summed E-state index contributed by atoms with van der Waals surface area (Å²) < 4.78 is 3.22. The van der Waals surface area contributed by atoms with Crippen LogP contribution in [0, 0.1) is 18.8 Å². The highest BCUT2D eigenvalue weighted by Crippen LogP contribution is 2.24. The zero-order valence-corrected chi connectivity index (χ0v) is 21.9. The molecule has 40 heavy (non-hydrogen) atoms. The van der Waals surface area contributed by atoms with Crippen molar-refractivity contribution in [2.75, 3.05) is 0 Å². The normalized spacial score (nSPS) is 11.7. The fraction of sp³-hybridized carbons (Fsp3) is 0.0938. The number of pyridine rings is 2. The molecule has 0 aliphatic rings. The van der Waals surface area contributed by atoms with Crippen molar-refractivity contribution in [3.63, 3.8) is 0 Å². The third-order valence-electron chi connectivity index (χ3n) is 6.68. The average molecular weight is 525 g/mol. The SMILES string of the molecule is Cc1nn2cccnc2c1C(=O)N[C@H](C)c1cc2cccc(C#Cc3cccnc3)c2c(=O)n1-c1ccccc1. The van der Waals surface area contributed by atoms with Gasteiger partial charge in [-0.3, -0.25) is 19.1 Å².